The Bertz CT molecular complexity index is 464. The minimum atomic E-state index is 0.0287. The zero-order valence-electron chi connectivity index (χ0n) is 14.0. The van der Waals surface area contributed by atoms with Crippen molar-refractivity contribution in [2.75, 3.05) is 19.8 Å². The molecule has 2 rings (SSSR count). The van der Waals surface area contributed by atoms with Crippen LogP contribution in [0.5, 0.6) is 0 Å². The van der Waals surface area contributed by atoms with Gasteiger partial charge in [-0.3, -0.25) is 4.79 Å². The Hall–Kier alpha value is -1.61. The monoisotopic (exact) mass is 315 g/mol. The first-order valence-electron chi connectivity index (χ1n) is 8.90. The molecule has 3 heteroatoms. The second-order valence-electron chi connectivity index (χ2n) is 6.32. The van der Waals surface area contributed by atoms with E-state index in [0.29, 0.717) is 5.92 Å². The summed E-state index contributed by atoms with van der Waals surface area (Å²) in [6.45, 7) is 2.36. The van der Waals surface area contributed by atoms with Gasteiger partial charge in [-0.1, -0.05) is 49.2 Å². The number of nitrogens with one attached hydrogen (secondary N) is 1. The molecule has 1 aliphatic rings. The topological polar surface area (TPSA) is 38.3 Å². The average molecular weight is 315 g/mol. The van der Waals surface area contributed by atoms with Crippen molar-refractivity contribution in [2.24, 2.45) is 5.92 Å². The lowest BCUT2D eigenvalue weighted by Crippen LogP contribution is -2.27. The van der Waals surface area contributed by atoms with E-state index >= 15 is 0 Å². The van der Waals surface area contributed by atoms with Gasteiger partial charge in [0.15, 0.2) is 0 Å². The van der Waals surface area contributed by atoms with Crippen LogP contribution in [0.2, 0.25) is 0 Å². The van der Waals surface area contributed by atoms with E-state index in [4.69, 9.17) is 4.74 Å². The number of hydrogen-bond acceptors (Lipinski definition) is 2. The second-order valence-corrected chi connectivity index (χ2v) is 6.32. The quantitative estimate of drug-likeness (QED) is 0.525. The predicted molar refractivity (Wildman–Crippen MR) is 94.3 cm³/mol. The molecule has 3 nitrogen and oxygen atoms in total. The highest BCUT2D eigenvalue weighted by Gasteiger charge is 2.15. The summed E-state index contributed by atoms with van der Waals surface area (Å²) in [5.41, 5.74) is 1.43. The molecule has 0 aromatic heterocycles. The van der Waals surface area contributed by atoms with E-state index in [2.05, 4.69) is 35.6 Å². The van der Waals surface area contributed by atoms with Gasteiger partial charge in [-0.15, -0.1) is 0 Å². The lowest BCUT2D eigenvalue weighted by molar-refractivity contribution is -0.116. The Labute approximate surface area is 140 Å². The summed E-state index contributed by atoms with van der Waals surface area (Å²) in [5, 5.41) is 2.95. The van der Waals surface area contributed by atoms with Crippen molar-refractivity contribution in [1.82, 2.24) is 5.32 Å². The van der Waals surface area contributed by atoms with Gasteiger partial charge in [0.05, 0.1) is 6.61 Å². The normalized spacial score (nSPS) is 17.7. The molecule has 126 valence electrons. The number of benzene rings is 1. The lowest BCUT2D eigenvalue weighted by atomic mass is 10.1. The molecule has 0 bridgehead atoms. The Balaban J connectivity index is 1.42. The molecule has 23 heavy (non-hydrogen) atoms. The molecule has 1 unspecified atom stereocenters. The predicted octanol–water partition coefficient (Wildman–Crippen LogP) is 3.89. The number of carbonyl (C=O) groups is 1. The number of hydrogen-bond donors (Lipinski definition) is 1. The van der Waals surface area contributed by atoms with Gasteiger partial charge in [-0.25, -0.2) is 0 Å². The third-order valence-electron chi connectivity index (χ3n) is 4.29. The van der Waals surface area contributed by atoms with Crippen molar-refractivity contribution in [2.45, 2.75) is 44.9 Å². The molecule has 1 aromatic carbocycles. The number of allylic oxidation sites excluding steroid dienone is 1. The van der Waals surface area contributed by atoms with Crippen LogP contribution in [0.25, 0.3) is 0 Å². The smallest absolute Gasteiger partial charge is 0.243 e. The molecule has 1 amide bonds. The second kappa shape index (κ2) is 11.0. The number of amides is 1. The number of carbonyl (C=O) groups excluding carboxylic acids is 1. The van der Waals surface area contributed by atoms with Crippen LogP contribution >= 0.6 is 0 Å². The molecule has 1 saturated heterocycles. The number of ether oxygens (including phenoxy) is 1. The molecular formula is C20H29NO2. The summed E-state index contributed by atoms with van der Waals surface area (Å²) in [6.07, 6.45) is 11.8. The van der Waals surface area contributed by atoms with E-state index in [1.54, 1.807) is 6.08 Å². The van der Waals surface area contributed by atoms with E-state index in [-0.39, 0.29) is 5.91 Å². The van der Waals surface area contributed by atoms with Gasteiger partial charge in [0.25, 0.3) is 0 Å². The van der Waals surface area contributed by atoms with Crippen molar-refractivity contribution in [3.8, 4) is 0 Å². The maximum Gasteiger partial charge on any atom is 0.243 e. The molecule has 1 heterocycles. The van der Waals surface area contributed by atoms with Gasteiger partial charge in [0.2, 0.25) is 5.91 Å². The Morgan fingerprint density at radius 3 is 2.78 bits per heavy atom. The highest BCUT2D eigenvalue weighted by Crippen LogP contribution is 2.11. The highest BCUT2D eigenvalue weighted by atomic mass is 16.5. The average Bonchev–Trinajstić information content (AvgIpc) is 3.10. The van der Waals surface area contributed by atoms with Crippen LogP contribution < -0.4 is 5.32 Å². The minimum absolute atomic E-state index is 0.0287. The summed E-state index contributed by atoms with van der Waals surface area (Å²) in [4.78, 5) is 11.7. The molecule has 1 aliphatic heterocycles. The Morgan fingerprint density at radius 2 is 2.00 bits per heavy atom. The van der Waals surface area contributed by atoms with Crippen LogP contribution in [0.1, 0.15) is 44.1 Å². The van der Waals surface area contributed by atoms with Crippen LogP contribution in [-0.4, -0.2) is 25.7 Å². The van der Waals surface area contributed by atoms with E-state index in [0.717, 1.165) is 39.0 Å². The van der Waals surface area contributed by atoms with Gasteiger partial charge in [-0.2, -0.15) is 0 Å². The number of unbranched alkanes of at least 4 members (excludes halogenated alkanes) is 4. The number of aryl methyl sites for hydroxylation is 1. The van der Waals surface area contributed by atoms with Gasteiger partial charge in [-0.05, 0) is 43.7 Å². The first kappa shape index (κ1) is 17.7. The van der Waals surface area contributed by atoms with Gasteiger partial charge in [0.1, 0.15) is 0 Å². The zero-order valence-corrected chi connectivity index (χ0v) is 14.0. The molecule has 1 atom stereocenters. The lowest BCUT2D eigenvalue weighted by Gasteiger charge is -2.07. The molecule has 1 N–H and O–H groups in total. The Kier molecular flexibility index (Phi) is 8.49. The first-order chi connectivity index (χ1) is 11.3. The van der Waals surface area contributed by atoms with E-state index < -0.39 is 0 Å². The Morgan fingerprint density at radius 1 is 1.17 bits per heavy atom. The third-order valence-corrected chi connectivity index (χ3v) is 4.29. The van der Waals surface area contributed by atoms with Gasteiger partial charge in [0, 0.05) is 19.1 Å². The first-order valence-corrected chi connectivity index (χ1v) is 8.90. The zero-order chi connectivity index (χ0) is 16.2. The fraction of sp³-hybridized carbons (Fsp3) is 0.550. The molecular weight excluding hydrogens is 286 g/mol. The van der Waals surface area contributed by atoms with Crippen molar-refractivity contribution in [3.05, 3.63) is 48.0 Å². The standard InChI is InChI=1S/C20H29NO2/c22-20(21-16-19-14-15-23-17-19)13-9-4-2-1-3-6-10-18-11-7-5-8-12-18/h5,7-9,11-13,19H,1-4,6,10,14-17H2,(H,21,22)/b13-9+. The largest absolute Gasteiger partial charge is 0.381 e. The van der Waals surface area contributed by atoms with Crippen LogP contribution in [0.15, 0.2) is 42.5 Å². The number of rotatable bonds is 10. The van der Waals surface area contributed by atoms with Gasteiger partial charge < -0.3 is 10.1 Å². The SMILES string of the molecule is O=C(/C=C/CCCCCCc1ccccc1)NCC1CCOC1. The summed E-state index contributed by atoms with van der Waals surface area (Å²) < 4.78 is 5.29. The van der Waals surface area contributed by atoms with Crippen molar-refractivity contribution >= 4 is 5.91 Å². The maximum atomic E-state index is 11.7. The summed E-state index contributed by atoms with van der Waals surface area (Å²) >= 11 is 0. The maximum absolute atomic E-state index is 11.7. The molecule has 0 aliphatic carbocycles. The van der Waals surface area contributed by atoms with Crippen molar-refractivity contribution < 1.29 is 9.53 Å². The fourth-order valence-corrected chi connectivity index (χ4v) is 2.83. The summed E-state index contributed by atoms with van der Waals surface area (Å²) in [5.74, 6) is 0.526. The van der Waals surface area contributed by atoms with Crippen molar-refractivity contribution in [3.63, 3.8) is 0 Å². The van der Waals surface area contributed by atoms with Gasteiger partial charge >= 0.3 is 0 Å². The van der Waals surface area contributed by atoms with E-state index in [1.807, 2.05) is 6.08 Å². The van der Waals surface area contributed by atoms with Crippen molar-refractivity contribution in [1.29, 1.82) is 0 Å². The highest BCUT2D eigenvalue weighted by molar-refractivity contribution is 5.87. The fourth-order valence-electron chi connectivity index (χ4n) is 2.83. The minimum Gasteiger partial charge on any atom is -0.381 e. The summed E-state index contributed by atoms with van der Waals surface area (Å²) in [7, 11) is 0. The van der Waals surface area contributed by atoms with E-state index in [9.17, 15) is 4.79 Å². The third kappa shape index (κ3) is 7.98. The van der Waals surface area contributed by atoms with Crippen LogP contribution in [0.3, 0.4) is 0 Å². The van der Waals surface area contributed by atoms with E-state index in [1.165, 1.54) is 31.2 Å². The van der Waals surface area contributed by atoms with Crippen LogP contribution in [-0.2, 0) is 16.0 Å². The van der Waals surface area contributed by atoms with Crippen LogP contribution in [0.4, 0.5) is 0 Å². The molecule has 0 radical (unpaired) electrons. The van der Waals surface area contributed by atoms with Crippen LogP contribution in [0, 0.1) is 5.92 Å². The summed E-state index contributed by atoms with van der Waals surface area (Å²) in [6, 6.07) is 10.7. The molecule has 0 spiro atoms. The molecule has 1 aromatic rings. The molecule has 0 saturated carbocycles. The molecule has 1 fully saturated rings.